The predicted molar refractivity (Wildman–Crippen MR) is 81.9 cm³/mol. The molecule has 1 aliphatic carbocycles. The Morgan fingerprint density at radius 1 is 1.05 bits per heavy atom. The van der Waals surface area contributed by atoms with E-state index in [4.69, 9.17) is 14.2 Å². The number of ether oxygens (including phenoxy) is 3. The molecule has 0 bridgehead atoms. The normalized spacial score (nSPS) is 27.2. The molecule has 1 fully saturated rings. The van der Waals surface area contributed by atoms with Gasteiger partial charge in [-0.1, -0.05) is 6.92 Å². The first kappa shape index (κ1) is 16.1. The largest absolute Gasteiger partial charge is 0.497 e. The van der Waals surface area contributed by atoms with Gasteiger partial charge in [-0.15, -0.1) is 0 Å². The van der Waals surface area contributed by atoms with E-state index in [9.17, 15) is 5.11 Å². The van der Waals surface area contributed by atoms with Gasteiger partial charge < -0.3 is 19.3 Å². The molecule has 118 valence electrons. The van der Waals surface area contributed by atoms with Crippen LogP contribution in [0, 0.1) is 5.92 Å². The molecule has 0 aromatic heterocycles. The number of rotatable bonds is 5. The summed E-state index contributed by atoms with van der Waals surface area (Å²) in [4.78, 5) is 0. The van der Waals surface area contributed by atoms with Crippen molar-refractivity contribution in [3.8, 4) is 11.5 Å². The van der Waals surface area contributed by atoms with Gasteiger partial charge in [-0.3, -0.25) is 0 Å². The molecule has 4 heteroatoms. The van der Waals surface area contributed by atoms with Gasteiger partial charge in [0.05, 0.1) is 19.8 Å². The van der Waals surface area contributed by atoms with Crippen molar-refractivity contribution in [2.24, 2.45) is 5.92 Å². The van der Waals surface area contributed by atoms with Gasteiger partial charge >= 0.3 is 0 Å². The third-order valence-electron chi connectivity index (χ3n) is 4.71. The van der Waals surface area contributed by atoms with Gasteiger partial charge in [0.2, 0.25) is 0 Å². The van der Waals surface area contributed by atoms with E-state index in [1.807, 2.05) is 12.1 Å². The number of aliphatic hydroxyl groups excluding tert-OH is 1. The summed E-state index contributed by atoms with van der Waals surface area (Å²) >= 11 is 0. The Bertz CT molecular complexity index is 442. The second kappa shape index (κ2) is 6.67. The molecule has 1 aliphatic rings. The Morgan fingerprint density at radius 2 is 1.57 bits per heavy atom. The molecule has 1 aromatic carbocycles. The van der Waals surface area contributed by atoms with Gasteiger partial charge in [0.1, 0.15) is 17.6 Å². The number of hydrogen-bond donors (Lipinski definition) is 1. The lowest BCUT2D eigenvalue weighted by Gasteiger charge is -2.42. The van der Waals surface area contributed by atoms with E-state index in [0.29, 0.717) is 17.4 Å². The van der Waals surface area contributed by atoms with Crippen LogP contribution < -0.4 is 9.47 Å². The highest BCUT2D eigenvalue weighted by Gasteiger charge is 2.41. The molecular formula is C17H26O4. The lowest BCUT2D eigenvalue weighted by Crippen LogP contribution is -2.41. The topological polar surface area (TPSA) is 47.9 Å². The first-order valence-electron chi connectivity index (χ1n) is 7.51. The molecule has 0 spiro atoms. The fraction of sp³-hybridized carbons (Fsp3) is 0.647. The lowest BCUT2D eigenvalue weighted by molar-refractivity contribution is -0.130. The summed E-state index contributed by atoms with van der Waals surface area (Å²) in [6.07, 6.45) is 3.20. The average molecular weight is 294 g/mol. The molecule has 1 aromatic rings. The molecule has 1 unspecified atom stereocenters. The molecule has 1 N–H and O–H groups in total. The van der Waals surface area contributed by atoms with Crippen LogP contribution in [-0.2, 0) is 4.74 Å². The molecule has 2 rings (SSSR count). The summed E-state index contributed by atoms with van der Waals surface area (Å²) in [6.45, 7) is 2.25. The zero-order valence-corrected chi connectivity index (χ0v) is 13.4. The third kappa shape index (κ3) is 3.33. The summed E-state index contributed by atoms with van der Waals surface area (Å²) in [5, 5.41) is 10.9. The van der Waals surface area contributed by atoms with Crippen molar-refractivity contribution in [1.29, 1.82) is 0 Å². The molecule has 1 saturated carbocycles. The Hall–Kier alpha value is -1.26. The Kier molecular flexibility index (Phi) is 5.12. The van der Waals surface area contributed by atoms with Crippen molar-refractivity contribution >= 4 is 0 Å². The van der Waals surface area contributed by atoms with E-state index in [0.717, 1.165) is 31.2 Å². The molecule has 0 radical (unpaired) electrons. The smallest absolute Gasteiger partial charge is 0.122 e. The van der Waals surface area contributed by atoms with E-state index in [1.165, 1.54) is 0 Å². The van der Waals surface area contributed by atoms with Crippen LogP contribution in [0.15, 0.2) is 18.2 Å². The highest BCUT2D eigenvalue weighted by molar-refractivity contribution is 5.40. The zero-order chi connectivity index (χ0) is 15.5. The molecule has 0 amide bonds. The SMILES string of the molecule is COc1cc(OC)cc(C(O)C2(OC)CCC(C)CC2)c1. The summed E-state index contributed by atoms with van der Waals surface area (Å²) in [5.74, 6) is 2.05. The van der Waals surface area contributed by atoms with Crippen LogP contribution in [0.3, 0.4) is 0 Å². The Labute approximate surface area is 127 Å². The highest BCUT2D eigenvalue weighted by atomic mass is 16.5. The predicted octanol–water partition coefficient (Wildman–Crippen LogP) is 3.33. The first-order chi connectivity index (χ1) is 10.0. The molecule has 4 nitrogen and oxygen atoms in total. The maximum Gasteiger partial charge on any atom is 0.122 e. The van der Waals surface area contributed by atoms with Gasteiger partial charge in [0, 0.05) is 13.2 Å². The minimum Gasteiger partial charge on any atom is -0.497 e. The minimum atomic E-state index is -0.681. The van der Waals surface area contributed by atoms with Gasteiger partial charge in [0.25, 0.3) is 0 Å². The van der Waals surface area contributed by atoms with Crippen LogP contribution in [0.4, 0.5) is 0 Å². The van der Waals surface area contributed by atoms with E-state index < -0.39 is 11.7 Å². The highest BCUT2D eigenvalue weighted by Crippen LogP contribution is 2.44. The van der Waals surface area contributed by atoms with Crippen molar-refractivity contribution in [2.75, 3.05) is 21.3 Å². The van der Waals surface area contributed by atoms with Crippen molar-refractivity contribution in [2.45, 2.75) is 44.3 Å². The van der Waals surface area contributed by atoms with E-state index >= 15 is 0 Å². The number of hydrogen-bond acceptors (Lipinski definition) is 4. The zero-order valence-electron chi connectivity index (χ0n) is 13.4. The standard InChI is InChI=1S/C17H26O4/c1-12-5-7-17(21-4,8-6-12)16(18)13-9-14(19-2)11-15(10-13)20-3/h9-12,16,18H,5-8H2,1-4H3. The quantitative estimate of drug-likeness (QED) is 0.905. The second-order valence-corrected chi connectivity index (χ2v) is 6.00. The summed E-state index contributed by atoms with van der Waals surface area (Å²) in [7, 11) is 4.91. The van der Waals surface area contributed by atoms with E-state index in [1.54, 1.807) is 27.4 Å². The number of benzene rings is 1. The van der Waals surface area contributed by atoms with Gasteiger partial charge in [0.15, 0.2) is 0 Å². The van der Waals surface area contributed by atoms with Crippen LogP contribution in [0.2, 0.25) is 0 Å². The Morgan fingerprint density at radius 3 is 2.00 bits per heavy atom. The maximum absolute atomic E-state index is 10.9. The molecule has 0 aliphatic heterocycles. The second-order valence-electron chi connectivity index (χ2n) is 6.00. The van der Waals surface area contributed by atoms with Gasteiger partial charge in [-0.25, -0.2) is 0 Å². The molecular weight excluding hydrogens is 268 g/mol. The van der Waals surface area contributed by atoms with E-state index in [-0.39, 0.29) is 0 Å². The molecule has 0 saturated heterocycles. The summed E-state index contributed by atoms with van der Waals surface area (Å²) in [5.41, 5.74) is 0.270. The van der Waals surface area contributed by atoms with Crippen LogP contribution >= 0.6 is 0 Å². The van der Waals surface area contributed by atoms with Gasteiger partial charge in [-0.05, 0) is 49.3 Å². The summed E-state index contributed by atoms with van der Waals surface area (Å²) < 4.78 is 16.3. The molecule has 0 heterocycles. The monoisotopic (exact) mass is 294 g/mol. The third-order valence-corrected chi connectivity index (χ3v) is 4.71. The van der Waals surface area contributed by atoms with Crippen molar-refractivity contribution < 1.29 is 19.3 Å². The molecule has 21 heavy (non-hydrogen) atoms. The van der Waals surface area contributed by atoms with Crippen LogP contribution in [0.1, 0.15) is 44.3 Å². The van der Waals surface area contributed by atoms with Crippen LogP contribution in [0.25, 0.3) is 0 Å². The fourth-order valence-corrected chi connectivity index (χ4v) is 3.13. The minimum absolute atomic E-state index is 0.510. The van der Waals surface area contributed by atoms with Crippen LogP contribution in [-0.4, -0.2) is 32.0 Å². The fourth-order valence-electron chi connectivity index (χ4n) is 3.13. The van der Waals surface area contributed by atoms with E-state index in [2.05, 4.69) is 6.92 Å². The first-order valence-corrected chi connectivity index (χ1v) is 7.51. The molecule has 1 atom stereocenters. The summed E-state index contributed by atoms with van der Waals surface area (Å²) in [6, 6.07) is 5.51. The average Bonchev–Trinajstić information content (AvgIpc) is 2.54. The maximum atomic E-state index is 10.9. The van der Waals surface area contributed by atoms with Crippen molar-refractivity contribution in [1.82, 2.24) is 0 Å². The van der Waals surface area contributed by atoms with Gasteiger partial charge in [-0.2, -0.15) is 0 Å². The van der Waals surface area contributed by atoms with Crippen molar-refractivity contribution in [3.05, 3.63) is 23.8 Å². The number of methoxy groups -OCH3 is 3. The van der Waals surface area contributed by atoms with Crippen molar-refractivity contribution in [3.63, 3.8) is 0 Å². The lowest BCUT2D eigenvalue weighted by atomic mass is 9.74. The Balaban J connectivity index is 2.30. The number of aliphatic hydroxyl groups is 1. The van der Waals surface area contributed by atoms with Crippen LogP contribution in [0.5, 0.6) is 11.5 Å².